The van der Waals surface area contributed by atoms with Crippen molar-refractivity contribution in [1.82, 2.24) is 15.0 Å². The molecular weight excluding hydrogens is 386 g/mol. The topological polar surface area (TPSA) is 108 Å². The number of fused-ring (bicyclic) bond motifs is 1. The van der Waals surface area contributed by atoms with E-state index in [4.69, 9.17) is 9.26 Å². The first-order valence-corrected chi connectivity index (χ1v) is 9.21. The Morgan fingerprint density at radius 1 is 1.36 bits per heavy atom. The fourth-order valence-electron chi connectivity index (χ4n) is 2.94. The Labute approximate surface area is 163 Å². The lowest BCUT2D eigenvalue weighted by atomic mass is 10.1. The Morgan fingerprint density at radius 3 is 2.93 bits per heavy atom. The number of carbonyl (C=O) groups excluding carboxylic acids is 3. The highest BCUT2D eigenvalue weighted by molar-refractivity contribution is 7.13. The van der Waals surface area contributed by atoms with Crippen molar-refractivity contribution in [3.05, 3.63) is 29.3 Å². The van der Waals surface area contributed by atoms with Crippen molar-refractivity contribution < 1.29 is 28.2 Å². The van der Waals surface area contributed by atoms with E-state index in [1.165, 1.54) is 41.2 Å². The van der Waals surface area contributed by atoms with Gasteiger partial charge in [-0.1, -0.05) is 11.2 Å². The summed E-state index contributed by atoms with van der Waals surface area (Å²) >= 11 is 1.52. The Hall–Kier alpha value is -3.34. The van der Waals surface area contributed by atoms with Gasteiger partial charge in [-0.15, -0.1) is 11.3 Å². The van der Waals surface area contributed by atoms with Crippen LogP contribution in [0.25, 0.3) is 10.6 Å². The molecule has 3 amide bonds. The number of urea groups is 1. The van der Waals surface area contributed by atoms with Crippen molar-refractivity contribution in [3.63, 3.8) is 0 Å². The third-order valence-electron chi connectivity index (χ3n) is 4.41. The summed E-state index contributed by atoms with van der Waals surface area (Å²) in [5.74, 6) is -0.0997. The number of esters is 1. The molecule has 4 rings (SSSR count). The van der Waals surface area contributed by atoms with Gasteiger partial charge < -0.3 is 9.26 Å². The van der Waals surface area contributed by atoms with E-state index in [2.05, 4.69) is 10.1 Å². The molecule has 2 aromatic rings. The minimum absolute atomic E-state index is 0.0494. The van der Waals surface area contributed by atoms with E-state index in [9.17, 15) is 14.4 Å². The van der Waals surface area contributed by atoms with Crippen molar-refractivity contribution in [3.8, 4) is 10.6 Å². The zero-order valence-electron chi connectivity index (χ0n) is 15.1. The first-order valence-electron chi connectivity index (χ1n) is 8.33. The summed E-state index contributed by atoms with van der Waals surface area (Å²) in [4.78, 5) is 43.9. The first kappa shape index (κ1) is 18.0. The summed E-state index contributed by atoms with van der Waals surface area (Å²) in [5, 5.41) is 5.81. The van der Waals surface area contributed by atoms with Gasteiger partial charge in [-0.05, 0) is 16.4 Å². The van der Waals surface area contributed by atoms with E-state index in [0.717, 1.165) is 9.78 Å². The molecule has 1 saturated heterocycles. The van der Waals surface area contributed by atoms with Gasteiger partial charge in [-0.25, -0.2) is 14.2 Å². The number of hydrogen-bond acceptors (Lipinski definition) is 8. The van der Waals surface area contributed by atoms with E-state index in [1.54, 1.807) is 6.07 Å². The Bertz CT molecular complexity index is 1010. The van der Waals surface area contributed by atoms with Crippen molar-refractivity contribution in [2.24, 2.45) is 4.99 Å². The third kappa shape index (κ3) is 3.09. The second-order valence-corrected chi connectivity index (χ2v) is 7.18. The van der Waals surface area contributed by atoms with Crippen LogP contribution in [0.2, 0.25) is 0 Å². The molecule has 144 valence electrons. The van der Waals surface area contributed by atoms with Crippen molar-refractivity contribution in [1.29, 1.82) is 0 Å². The number of likely N-dealkylation sites (N-methyl/N-ethyl adjacent to an activating group) is 2. The molecule has 0 saturated carbocycles. The number of imide groups is 1. The standard InChI is InChI=1S/C17H16N5O5S/c1-20-15-14(16(24)21(2)17(20)25)22(9-18-15)7-13(23)26-8-10-6-11(27-19-10)12-4-3-5-28-12/h3-6,9,14H,7-8H2,1-2H3/q+1. The second-order valence-electron chi connectivity index (χ2n) is 6.24. The average molecular weight is 402 g/mol. The summed E-state index contributed by atoms with van der Waals surface area (Å²) in [6.07, 6.45) is 1.37. The molecule has 1 unspecified atom stereocenters. The molecule has 0 aliphatic carbocycles. The van der Waals surface area contributed by atoms with Crippen LogP contribution >= 0.6 is 11.3 Å². The maximum absolute atomic E-state index is 12.4. The molecule has 11 heteroatoms. The van der Waals surface area contributed by atoms with Crippen molar-refractivity contribution in [2.45, 2.75) is 12.6 Å². The van der Waals surface area contributed by atoms with Gasteiger partial charge in [0.2, 0.25) is 0 Å². The van der Waals surface area contributed by atoms with Gasteiger partial charge >= 0.3 is 12.0 Å². The monoisotopic (exact) mass is 402 g/mol. The molecule has 2 aromatic heterocycles. The van der Waals surface area contributed by atoms with Crippen LogP contribution in [0.3, 0.4) is 0 Å². The number of amidine groups is 1. The van der Waals surface area contributed by atoms with Gasteiger partial charge in [-0.2, -0.15) is 0 Å². The van der Waals surface area contributed by atoms with Crippen LogP contribution in [0.15, 0.2) is 33.1 Å². The number of rotatable bonds is 5. The summed E-state index contributed by atoms with van der Waals surface area (Å²) in [6, 6.07) is 4.23. The third-order valence-corrected chi connectivity index (χ3v) is 5.30. The van der Waals surface area contributed by atoms with Crippen LogP contribution in [0.5, 0.6) is 0 Å². The lowest BCUT2D eigenvalue weighted by molar-refractivity contribution is -0.521. The van der Waals surface area contributed by atoms with Crippen LogP contribution in [0.1, 0.15) is 5.69 Å². The molecule has 10 nitrogen and oxygen atoms in total. The average Bonchev–Trinajstić information content (AvgIpc) is 3.43. The molecule has 0 N–H and O–H groups in total. The van der Waals surface area contributed by atoms with Crippen LogP contribution in [0.4, 0.5) is 4.79 Å². The molecule has 4 heterocycles. The molecule has 0 aromatic carbocycles. The highest BCUT2D eigenvalue weighted by atomic mass is 32.1. The largest absolute Gasteiger partial charge is 0.456 e. The Balaban J connectivity index is 1.36. The molecule has 0 spiro atoms. The van der Waals surface area contributed by atoms with Gasteiger partial charge in [0.1, 0.15) is 12.3 Å². The molecule has 2 aliphatic rings. The molecule has 0 bridgehead atoms. The van der Waals surface area contributed by atoms with Crippen molar-refractivity contribution >= 4 is 41.4 Å². The molecule has 2 aliphatic heterocycles. The number of carbonyl (C=O) groups is 3. The number of thiophene rings is 1. The summed E-state index contributed by atoms with van der Waals surface area (Å²) in [7, 11) is 2.92. The fourth-order valence-corrected chi connectivity index (χ4v) is 3.61. The number of nitrogens with zero attached hydrogens (tertiary/aromatic N) is 5. The Morgan fingerprint density at radius 2 is 2.18 bits per heavy atom. The minimum Gasteiger partial charge on any atom is -0.456 e. The summed E-state index contributed by atoms with van der Waals surface area (Å²) in [6.45, 7) is -0.235. The molecular formula is C17H16N5O5S+. The quantitative estimate of drug-likeness (QED) is 0.540. The van der Waals surface area contributed by atoms with Crippen LogP contribution < -0.4 is 0 Å². The normalized spacial score (nSPS) is 18.9. The number of aromatic nitrogens is 1. The molecule has 28 heavy (non-hydrogen) atoms. The van der Waals surface area contributed by atoms with Crippen LogP contribution in [0, 0.1) is 0 Å². The lowest BCUT2D eigenvalue weighted by Gasteiger charge is -2.30. The molecule has 0 radical (unpaired) electrons. The zero-order valence-corrected chi connectivity index (χ0v) is 15.9. The van der Waals surface area contributed by atoms with E-state index < -0.39 is 23.9 Å². The number of amides is 3. The molecule has 1 atom stereocenters. The van der Waals surface area contributed by atoms with Gasteiger partial charge in [0.05, 0.1) is 4.88 Å². The minimum atomic E-state index is -0.822. The fraction of sp³-hybridized carbons (Fsp3) is 0.294. The predicted octanol–water partition coefficient (Wildman–Crippen LogP) is 0.792. The van der Waals surface area contributed by atoms with Crippen LogP contribution in [-0.4, -0.2) is 76.3 Å². The molecule has 1 fully saturated rings. The number of hydrogen-bond donors (Lipinski definition) is 0. The van der Waals surface area contributed by atoms with E-state index >= 15 is 0 Å². The van der Waals surface area contributed by atoms with E-state index in [1.807, 2.05) is 17.5 Å². The highest BCUT2D eigenvalue weighted by Crippen LogP contribution is 2.25. The second kappa shape index (κ2) is 7.00. The van der Waals surface area contributed by atoms with Gasteiger partial charge in [0.25, 0.3) is 24.1 Å². The number of ether oxygens (including phenoxy) is 1. The summed E-state index contributed by atoms with van der Waals surface area (Å²) < 4.78 is 11.9. The zero-order chi connectivity index (χ0) is 19.8. The van der Waals surface area contributed by atoms with Crippen LogP contribution in [-0.2, 0) is 20.9 Å². The summed E-state index contributed by atoms with van der Waals surface area (Å²) in [5.41, 5.74) is 0.484. The Kier molecular flexibility index (Phi) is 4.51. The smallest absolute Gasteiger partial charge is 0.348 e. The van der Waals surface area contributed by atoms with Crippen molar-refractivity contribution in [2.75, 3.05) is 20.6 Å². The van der Waals surface area contributed by atoms with E-state index in [-0.39, 0.29) is 19.0 Å². The van der Waals surface area contributed by atoms with Gasteiger partial charge in [-0.3, -0.25) is 14.6 Å². The predicted molar refractivity (Wildman–Crippen MR) is 98.0 cm³/mol. The first-order chi connectivity index (χ1) is 13.5. The van der Waals surface area contributed by atoms with Gasteiger partial charge in [0, 0.05) is 20.2 Å². The maximum atomic E-state index is 12.4. The SMILES string of the molecule is CN1C(=O)C2C(=NC=[N+]2CC(=O)OCc2cc(-c3cccs3)on2)N(C)C1=O. The van der Waals surface area contributed by atoms with E-state index in [0.29, 0.717) is 11.5 Å². The number of aliphatic imine (C=N–C) groups is 1. The maximum Gasteiger partial charge on any atom is 0.348 e. The lowest BCUT2D eigenvalue weighted by Crippen LogP contribution is -2.61. The highest BCUT2D eigenvalue weighted by Gasteiger charge is 2.50. The van der Waals surface area contributed by atoms with Gasteiger partial charge in [0.15, 0.2) is 12.3 Å².